The van der Waals surface area contributed by atoms with E-state index in [9.17, 15) is 4.79 Å². The maximum atomic E-state index is 11.8. The van der Waals surface area contributed by atoms with Gasteiger partial charge in [0.25, 0.3) is 0 Å². The number of nitrogens with two attached hydrogens (primary N) is 1. The lowest BCUT2D eigenvalue weighted by Crippen LogP contribution is -2.25. The van der Waals surface area contributed by atoms with Crippen molar-refractivity contribution in [2.75, 3.05) is 12.3 Å². The fourth-order valence-electron chi connectivity index (χ4n) is 2.95. The number of aromatic nitrogens is 3. The number of imidazole rings is 1. The van der Waals surface area contributed by atoms with E-state index in [0.29, 0.717) is 24.3 Å². The Hall–Kier alpha value is -1.67. The molecule has 1 fully saturated rings. The summed E-state index contributed by atoms with van der Waals surface area (Å²) in [7, 11) is 1.97. The third-order valence-electron chi connectivity index (χ3n) is 4.07. The predicted octanol–water partition coefficient (Wildman–Crippen LogP) is 2.65. The number of anilines is 1. The molecule has 0 spiro atoms. The highest BCUT2D eigenvalue weighted by atomic mass is 79.9. The van der Waals surface area contributed by atoms with Crippen LogP contribution < -0.4 is 5.73 Å². The average Bonchev–Trinajstić information content (AvgIpc) is 3.11. The number of fused-ring (bicyclic) bond motifs is 3. The van der Waals surface area contributed by atoms with Crippen LogP contribution in [0.25, 0.3) is 21.3 Å². The van der Waals surface area contributed by atoms with Crippen LogP contribution in [0.4, 0.5) is 5.82 Å². The Bertz CT molecular complexity index is 915. The summed E-state index contributed by atoms with van der Waals surface area (Å²) in [6.45, 7) is 1.33. The molecule has 0 unspecified atom stereocenters. The number of aryl methyl sites for hydroxylation is 1. The van der Waals surface area contributed by atoms with E-state index in [0.717, 1.165) is 38.3 Å². The van der Waals surface area contributed by atoms with Gasteiger partial charge in [0.1, 0.15) is 11.3 Å². The van der Waals surface area contributed by atoms with E-state index in [-0.39, 0.29) is 5.91 Å². The Morgan fingerprint density at radius 3 is 3.00 bits per heavy atom. The second kappa shape index (κ2) is 4.92. The van der Waals surface area contributed by atoms with Crippen molar-refractivity contribution >= 4 is 60.2 Å². The minimum atomic E-state index is 0.196. The van der Waals surface area contributed by atoms with Crippen LogP contribution in [0, 0.1) is 0 Å². The molecule has 0 bridgehead atoms. The number of halogens is 1. The summed E-state index contributed by atoms with van der Waals surface area (Å²) in [5.41, 5.74) is 8.64. The van der Waals surface area contributed by atoms with Crippen LogP contribution in [0.2, 0.25) is 0 Å². The van der Waals surface area contributed by atoms with Crippen LogP contribution >= 0.6 is 27.3 Å². The van der Waals surface area contributed by atoms with Gasteiger partial charge in [-0.3, -0.25) is 4.79 Å². The van der Waals surface area contributed by atoms with E-state index in [1.807, 2.05) is 22.6 Å². The Balaban J connectivity index is 1.90. The highest BCUT2D eigenvalue weighted by Gasteiger charge is 2.23. The van der Waals surface area contributed by atoms with Crippen LogP contribution in [-0.2, 0) is 18.4 Å². The molecular formula is C14H14BrN5OS. The van der Waals surface area contributed by atoms with Gasteiger partial charge >= 0.3 is 0 Å². The monoisotopic (exact) mass is 379 g/mol. The molecule has 3 aromatic heterocycles. The first-order chi connectivity index (χ1) is 10.5. The average molecular weight is 380 g/mol. The number of carbonyl (C=O) groups is 1. The van der Waals surface area contributed by atoms with Gasteiger partial charge < -0.3 is 15.2 Å². The number of thiophene rings is 1. The SMILES string of the molecule is Cn1c(CN2CCCC2=O)nc2c(N)nc3cc(Br)sc3c21. The summed E-state index contributed by atoms with van der Waals surface area (Å²) in [5.74, 6) is 1.47. The summed E-state index contributed by atoms with van der Waals surface area (Å²) in [4.78, 5) is 22.8. The number of nitrogen functional groups attached to an aromatic ring is 1. The molecule has 0 aromatic carbocycles. The highest BCUT2D eigenvalue weighted by Crippen LogP contribution is 2.36. The zero-order valence-corrected chi connectivity index (χ0v) is 14.4. The lowest BCUT2D eigenvalue weighted by Gasteiger charge is -2.14. The number of hydrogen-bond acceptors (Lipinski definition) is 5. The second-order valence-corrected chi connectivity index (χ2v) is 7.90. The number of rotatable bonds is 2. The lowest BCUT2D eigenvalue weighted by molar-refractivity contribution is -0.128. The number of likely N-dealkylation sites (tertiary alicyclic amines) is 1. The zero-order chi connectivity index (χ0) is 15.4. The molecule has 1 saturated heterocycles. The summed E-state index contributed by atoms with van der Waals surface area (Å²) >= 11 is 5.12. The minimum Gasteiger partial charge on any atom is -0.382 e. The van der Waals surface area contributed by atoms with Crippen LogP contribution in [0.5, 0.6) is 0 Å². The van der Waals surface area contributed by atoms with E-state index in [2.05, 4.69) is 25.9 Å². The fraction of sp³-hybridized carbons (Fsp3) is 0.357. The molecule has 22 heavy (non-hydrogen) atoms. The molecule has 1 aliphatic heterocycles. The van der Waals surface area contributed by atoms with Gasteiger partial charge in [-0.2, -0.15) is 0 Å². The smallest absolute Gasteiger partial charge is 0.223 e. The Kier molecular flexibility index (Phi) is 3.12. The number of pyridine rings is 1. The van der Waals surface area contributed by atoms with Crippen molar-refractivity contribution in [3.63, 3.8) is 0 Å². The number of carbonyl (C=O) groups excluding carboxylic acids is 1. The quantitative estimate of drug-likeness (QED) is 0.742. The predicted molar refractivity (Wildman–Crippen MR) is 90.7 cm³/mol. The Morgan fingerprint density at radius 2 is 2.27 bits per heavy atom. The molecule has 0 radical (unpaired) electrons. The molecule has 114 valence electrons. The minimum absolute atomic E-state index is 0.196. The standard InChI is InChI=1S/C14H14BrN5OS/c1-19-9(6-20-4-2-3-10(20)21)18-11-12(19)13-7(17-14(11)16)5-8(15)22-13/h5H,2-4,6H2,1H3,(H2,16,17). The van der Waals surface area contributed by atoms with E-state index in [1.165, 1.54) is 0 Å². The van der Waals surface area contributed by atoms with Gasteiger partial charge in [-0.1, -0.05) is 0 Å². The first kappa shape index (κ1) is 14.0. The molecule has 6 nitrogen and oxygen atoms in total. The van der Waals surface area contributed by atoms with Crippen molar-refractivity contribution < 1.29 is 4.79 Å². The summed E-state index contributed by atoms with van der Waals surface area (Å²) < 4.78 is 4.11. The maximum Gasteiger partial charge on any atom is 0.223 e. The van der Waals surface area contributed by atoms with Crippen LogP contribution in [0.1, 0.15) is 18.7 Å². The van der Waals surface area contributed by atoms with Crippen LogP contribution in [-0.4, -0.2) is 31.9 Å². The van der Waals surface area contributed by atoms with Gasteiger partial charge in [-0.05, 0) is 28.4 Å². The number of amides is 1. The van der Waals surface area contributed by atoms with E-state index in [1.54, 1.807) is 11.3 Å². The highest BCUT2D eigenvalue weighted by molar-refractivity contribution is 9.11. The first-order valence-electron chi connectivity index (χ1n) is 7.02. The number of hydrogen-bond donors (Lipinski definition) is 1. The molecular weight excluding hydrogens is 366 g/mol. The third kappa shape index (κ3) is 2.01. The molecule has 4 rings (SSSR count). The van der Waals surface area contributed by atoms with E-state index >= 15 is 0 Å². The molecule has 1 aliphatic rings. The summed E-state index contributed by atoms with van der Waals surface area (Å²) in [6, 6.07) is 1.96. The molecule has 2 N–H and O–H groups in total. The van der Waals surface area contributed by atoms with E-state index in [4.69, 9.17) is 5.73 Å². The Labute approximate surface area is 139 Å². The van der Waals surface area contributed by atoms with Crippen molar-refractivity contribution in [3.05, 3.63) is 15.7 Å². The molecule has 3 aromatic rings. The Morgan fingerprint density at radius 1 is 1.45 bits per heavy atom. The van der Waals surface area contributed by atoms with Crippen LogP contribution in [0.3, 0.4) is 0 Å². The third-order valence-corrected chi connectivity index (χ3v) is 5.71. The van der Waals surface area contributed by atoms with Crippen molar-refractivity contribution in [3.8, 4) is 0 Å². The molecule has 1 amide bonds. The number of nitrogens with zero attached hydrogens (tertiary/aromatic N) is 4. The van der Waals surface area contributed by atoms with Crippen molar-refractivity contribution in [1.82, 2.24) is 19.4 Å². The molecule has 0 aliphatic carbocycles. The van der Waals surface area contributed by atoms with Crippen molar-refractivity contribution in [2.24, 2.45) is 7.05 Å². The largest absolute Gasteiger partial charge is 0.382 e. The van der Waals surface area contributed by atoms with Crippen molar-refractivity contribution in [1.29, 1.82) is 0 Å². The van der Waals surface area contributed by atoms with E-state index < -0.39 is 0 Å². The summed E-state index contributed by atoms with van der Waals surface area (Å²) in [5, 5.41) is 0. The van der Waals surface area contributed by atoms with Gasteiger partial charge in [0.05, 0.1) is 26.1 Å². The van der Waals surface area contributed by atoms with Gasteiger partial charge in [-0.15, -0.1) is 11.3 Å². The maximum absolute atomic E-state index is 11.8. The molecule has 0 atom stereocenters. The molecule has 8 heteroatoms. The molecule has 4 heterocycles. The normalized spacial score (nSPS) is 15.5. The lowest BCUT2D eigenvalue weighted by atomic mass is 10.3. The van der Waals surface area contributed by atoms with Gasteiger partial charge in [0, 0.05) is 20.0 Å². The van der Waals surface area contributed by atoms with Gasteiger partial charge in [-0.25, -0.2) is 9.97 Å². The van der Waals surface area contributed by atoms with Crippen molar-refractivity contribution in [2.45, 2.75) is 19.4 Å². The van der Waals surface area contributed by atoms with Gasteiger partial charge in [0.2, 0.25) is 5.91 Å². The fourth-order valence-corrected chi connectivity index (χ4v) is 4.56. The summed E-state index contributed by atoms with van der Waals surface area (Å²) in [6.07, 6.45) is 1.56. The first-order valence-corrected chi connectivity index (χ1v) is 8.63. The zero-order valence-electron chi connectivity index (χ0n) is 12.0. The van der Waals surface area contributed by atoms with Crippen LogP contribution in [0.15, 0.2) is 9.85 Å². The topological polar surface area (TPSA) is 77.0 Å². The van der Waals surface area contributed by atoms with Gasteiger partial charge in [0.15, 0.2) is 5.82 Å². The second-order valence-electron chi connectivity index (χ2n) is 5.47. The molecule has 0 saturated carbocycles.